The van der Waals surface area contributed by atoms with Crippen LogP contribution in [0.3, 0.4) is 0 Å². The summed E-state index contributed by atoms with van der Waals surface area (Å²) in [7, 11) is -1.60. The van der Waals surface area contributed by atoms with Gasteiger partial charge < -0.3 is 14.8 Å². The largest absolute Gasteiger partial charge is 0.497 e. The molecule has 1 aliphatic heterocycles. The predicted molar refractivity (Wildman–Crippen MR) is 93.7 cm³/mol. The molecule has 1 aliphatic rings. The number of sulfone groups is 1. The lowest BCUT2D eigenvalue weighted by atomic mass is 10.2. The summed E-state index contributed by atoms with van der Waals surface area (Å²) >= 11 is 0. The monoisotopic (exact) mass is 359 g/mol. The summed E-state index contributed by atoms with van der Waals surface area (Å²) in [4.78, 5) is 12.2. The average molecular weight is 359 g/mol. The molecule has 130 valence electrons. The number of hydrogen-bond donors (Lipinski definition) is 1. The zero-order valence-electron chi connectivity index (χ0n) is 13.5. The Hall–Kier alpha value is -2.80. The van der Waals surface area contributed by atoms with Gasteiger partial charge >= 0.3 is 0 Å². The van der Waals surface area contributed by atoms with E-state index in [0.717, 1.165) is 11.2 Å². The van der Waals surface area contributed by atoms with Crippen molar-refractivity contribution in [1.82, 2.24) is 5.32 Å². The molecule has 7 heteroatoms. The molecule has 1 atom stereocenters. The van der Waals surface area contributed by atoms with E-state index in [0.29, 0.717) is 17.1 Å². The number of amides is 1. The van der Waals surface area contributed by atoms with Crippen LogP contribution in [0.15, 0.2) is 60.0 Å². The molecule has 0 bridgehead atoms. The molecule has 1 N–H and O–H groups in total. The first-order valence-electron chi connectivity index (χ1n) is 7.59. The molecule has 0 radical (unpaired) electrons. The van der Waals surface area contributed by atoms with Gasteiger partial charge in [0.05, 0.1) is 18.9 Å². The van der Waals surface area contributed by atoms with Gasteiger partial charge in [0.2, 0.25) is 0 Å². The Labute approximate surface area is 146 Å². The maximum Gasteiger partial charge on any atom is 0.251 e. The van der Waals surface area contributed by atoms with E-state index in [1.807, 2.05) is 0 Å². The number of nitrogens with one attached hydrogen (secondary N) is 1. The lowest BCUT2D eigenvalue weighted by Crippen LogP contribution is -2.35. The molecule has 2 aromatic carbocycles. The first kappa shape index (κ1) is 17.0. The summed E-state index contributed by atoms with van der Waals surface area (Å²) in [6.45, 7) is 0. The molecule has 3 rings (SSSR count). The Bertz CT molecular complexity index is 886. The summed E-state index contributed by atoms with van der Waals surface area (Å²) in [6.07, 6.45) is 1.48. The molecule has 25 heavy (non-hydrogen) atoms. The molecule has 1 amide bonds. The number of carbonyl (C=O) groups excluding carboxylic acids is 1. The van der Waals surface area contributed by atoms with Crippen LogP contribution in [0.5, 0.6) is 17.2 Å². The van der Waals surface area contributed by atoms with Crippen molar-refractivity contribution in [1.29, 1.82) is 0 Å². The highest BCUT2D eigenvalue weighted by Crippen LogP contribution is 2.24. The zero-order chi connectivity index (χ0) is 17.9. The van der Waals surface area contributed by atoms with Crippen LogP contribution >= 0.6 is 0 Å². The number of carbonyl (C=O) groups is 1. The van der Waals surface area contributed by atoms with Crippen molar-refractivity contribution in [3.8, 4) is 17.2 Å². The highest BCUT2D eigenvalue weighted by Gasteiger charge is 2.23. The molecule has 0 saturated heterocycles. The Morgan fingerprint density at radius 1 is 1.00 bits per heavy atom. The molecule has 0 spiro atoms. The zero-order valence-corrected chi connectivity index (χ0v) is 14.3. The van der Waals surface area contributed by atoms with Crippen LogP contribution in [0.25, 0.3) is 0 Å². The van der Waals surface area contributed by atoms with E-state index in [9.17, 15) is 13.2 Å². The third-order valence-corrected chi connectivity index (χ3v) is 5.05. The summed E-state index contributed by atoms with van der Waals surface area (Å²) in [5.41, 5.74) is 0.430. The smallest absolute Gasteiger partial charge is 0.251 e. The fraction of sp³-hybridized carbons (Fsp3) is 0.167. The lowest BCUT2D eigenvalue weighted by Gasteiger charge is -2.11. The predicted octanol–water partition coefficient (Wildman–Crippen LogP) is 2.53. The van der Waals surface area contributed by atoms with Crippen molar-refractivity contribution in [2.24, 2.45) is 0 Å². The summed E-state index contributed by atoms with van der Waals surface area (Å²) in [5, 5.41) is 3.80. The molecule has 1 unspecified atom stereocenters. The lowest BCUT2D eigenvalue weighted by molar-refractivity contribution is 0.0947. The van der Waals surface area contributed by atoms with Gasteiger partial charge in [0.1, 0.15) is 17.2 Å². The van der Waals surface area contributed by atoms with Gasteiger partial charge in [-0.15, -0.1) is 0 Å². The Morgan fingerprint density at radius 2 is 1.56 bits per heavy atom. The number of methoxy groups -OCH3 is 1. The van der Waals surface area contributed by atoms with Crippen LogP contribution in [0.4, 0.5) is 0 Å². The second-order valence-electron chi connectivity index (χ2n) is 5.54. The maximum absolute atomic E-state index is 12.2. The Balaban J connectivity index is 1.61. The highest BCUT2D eigenvalue weighted by molar-refractivity contribution is 7.94. The fourth-order valence-corrected chi connectivity index (χ4v) is 3.61. The van der Waals surface area contributed by atoms with E-state index in [-0.39, 0.29) is 11.7 Å². The third-order valence-electron chi connectivity index (χ3n) is 3.66. The van der Waals surface area contributed by atoms with Crippen molar-refractivity contribution >= 4 is 15.7 Å². The minimum absolute atomic E-state index is 0.0998. The van der Waals surface area contributed by atoms with Crippen molar-refractivity contribution in [3.05, 3.63) is 65.6 Å². The van der Waals surface area contributed by atoms with E-state index < -0.39 is 15.9 Å². The Morgan fingerprint density at radius 3 is 2.08 bits per heavy atom. The van der Waals surface area contributed by atoms with E-state index in [1.165, 1.54) is 6.08 Å². The van der Waals surface area contributed by atoms with Gasteiger partial charge in [-0.1, -0.05) is 0 Å². The summed E-state index contributed by atoms with van der Waals surface area (Å²) < 4.78 is 33.5. The van der Waals surface area contributed by atoms with Crippen molar-refractivity contribution in [2.75, 3.05) is 12.9 Å². The van der Waals surface area contributed by atoms with Gasteiger partial charge in [0.15, 0.2) is 9.84 Å². The van der Waals surface area contributed by atoms with Gasteiger partial charge in [-0.2, -0.15) is 0 Å². The van der Waals surface area contributed by atoms with E-state index in [1.54, 1.807) is 55.6 Å². The van der Waals surface area contributed by atoms with Gasteiger partial charge in [0.25, 0.3) is 5.91 Å². The van der Waals surface area contributed by atoms with E-state index >= 15 is 0 Å². The molecular formula is C18H17NO5S. The van der Waals surface area contributed by atoms with Crippen LogP contribution in [0.1, 0.15) is 10.4 Å². The molecule has 0 aromatic heterocycles. The van der Waals surface area contributed by atoms with E-state index in [2.05, 4.69) is 5.32 Å². The number of benzene rings is 2. The second-order valence-corrected chi connectivity index (χ2v) is 7.47. The first-order chi connectivity index (χ1) is 11.9. The van der Waals surface area contributed by atoms with Crippen molar-refractivity contribution in [3.63, 3.8) is 0 Å². The van der Waals surface area contributed by atoms with Gasteiger partial charge in [-0.25, -0.2) is 8.42 Å². The Kier molecular flexibility index (Phi) is 4.76. The molecule has 1 heterocycles. The third kappa shape index (κ3) is 4.39. The minimum Gasteiger partial charge on any atom is -0.497 e. The standard InChI is InChI=1S/C18H17NO5S/c1-23-15-6-8-17(9-7-15)24-16-4-2-13(3-5-16)18(20)19-14-10-11-25(21,22)12-14/h2-11,14H,12H2,1H3,(H,19,20). The first-order valence-corrected chi connectivity index (χ1v) is 9.30. The van der Waals surface area contributed by atoms with Gasteiger partial charge in [-0.3, -0.25) is 4.79 Å². The highest BCUT2D eigenvalue weighted by atomic mass is 32.2. The second kappa shape index (κ2) is 6.98. The van der Waals surface area contributed by atoms with Crippen molar-refractivity contribution < 1.29 is 22.7 Å². The number of ether oxygens (including phenoxy) is 2. The molecule has 0 fully saturated rings. The average Bonchev–Trinajstić information content (AvgIpc) is 2.94. The summed E-state index contributed by atoms with van der Waals surface area (Å²) in [6, 6.07) is 13.3. The minimum atomic E-state index is -3.19. The van der Waals surface area contributed by atoms with Gasteiger partial charge in [0, 0.05) is 11.0 Å². The van der Waals surface area contributed by atoms with E-state index in [4.69, 9.17) is 9.47 Å². The van der Waals surface area contributed by atoms with Crippen LogP contribution in [0, 0.1) is 0 Å². The van der Waals surface area contributed by atoms with Crippen LogP contribution in [-0.2, 0) is 9.84 Å². The van der Waals surface area contributed by atoms with Crippen LogP contribution in [-0.4, -0.2) is 33.2 Å². The summed E-state index contributed by atoms with van der Waals surface area (Å²) in [5.74, 6) is 1.55. The van der Waals surface area contributed by atoms with Crippen LogP contribution < -0.4 is 14.8 Å². The normalized spacial score (nSPS) is 17.9. The van der Waals surface area contributed by atoms with Gasteiger partial charge in [-0.05, 0) is 54.6 Å². The van der Waals surface area contributed by atoms with Crippen molar-refractivity contribution in [2.45, 2.75) is 6.04 Å². The molecule has 6 nitrogen and oxygen atoms in total. The quantitative estimate of drug-likeness (QED) is 0.887. The fourth-order valence-electron chi connectivity index (χ4n) is 2.37. The molecule has 0 aliphatic carbocycles. The number of rotatable bonds is 5. The molecular weight excluding hydrogens is 342 g/mol. The van der Waals surface area contributed by atoms with Crippen LogP contribution in [0.2, 0.25) is 0 Å². The molecule has 2 aromatic rings. The topological polar surface area (TPSA) is 81.7 Å². The SMILES string of the molecule is COc1ccc(Oc2ccc(C(=O)NC3C=CS(=O)(=O)C3)cc2)cc1. The number of hydrogen-bond acceptors (Lipinski definition) is 5. The molecule has 0 saturated carbocycles. The maximum atomic E-state index is 12.2.